The van der Waals surface area contributed by atoms with Crippen molar-refractivity contribution in [3.63, 3.8) is 0 Å². The van der Waals surface area contributed by atoms with Crippen molar-refractivity contribution >= 4 is 11.8 Å². The molecule has 0 radical (unpaired) electrons. The molecule has 4 heteroatoms. The Morgan fingerprint density at radius 2 is 2.33 bits per heavy atom. The normalized spacial score (nSPS) is 17.8. The number of fused-ring (bicyclic) bond motifs is 1. The lowest BCUT2D eigenvalue weighted by Crippen LogP contribution is -2.07. The second-order valence-electron chi connectivity index (χ2n) is 2.53. The highest BCUT2D eigenvalue weighted by Crippen LogP contribution is 2.13. The zero-order valence-electron chi connectivity index (χ0n) is 6.31. The van der Waals surface area contributed by atoms with Crippen molar-refractivity contribution < 1.29 is 5.21 Å². The summed E-state index contributed by atoms with van der Waals surface area (Å²) >= 11 is 0. The average Bonchev–Trinajstić information content (AvgIpc) is 2.17. The molecule has 1 aliphatic rings. The molecule has 4 nitrogen and oxygen atoms in total. The molecule has 1 aromatic rings. The van der Waals surface area contributed by atoms with E-state index in [1.807, 2.05) is 6.08 Å². The Morgan fingerprint density at radius 3 is 3.17 bits per heavy atom. The highest BCUT2D eigenvalue weighted by molar-refractivity contribution is 6.01. The van der Waals surface area contributed by atoms with Crippen LogP contribution in [0.15, 0.2) is 23.8 Å². The van der Waals surface area contributed by atoms with Gasteiger partial charge in [0.2, 0.25) is 0 Å². The van der Waals surface area contributed by atoms with Crippen LogP contribution in [0.1, 0.15) is 11.3 Å². The van der Waals surface area contributed by atoms with E-state index in [9.17, 15) is 0 Å². The van der Waals surface area contributed by atoms with Crippen LogP contribution in [0, 0.1) is 0 Å². The topological polar surface area (TPSA) is 58.4 Å². The minimum atomic E-state index is 0.600. The minimum Gasteiger partial charge on any atom is -0.411 e. The lowest BCUT2D eigenvalue weighted by Gasteiger charge is -2.07. The number of oxime groups is 1. The van der Waals surface area contributed by atoms with E-state index in [0.29, 0.717) is 12.1 Å². The predicted molar refractivity (Wildman–Crippen MR) is 44.0 cm³/mol. The fourth-order valence-electron chi connectivity index (χ4n) is 1.15. The molecule has 0 aliphatic heterocycles. The first-order valence-electron chi connectivity index (χ1n) is 3.58. The average molecular weight is 161 g/mol. The summed E-state index contributed by atoms with van der Waals surface area (Å²) in [5.74, 6) is 0. The van der Waals surface area contributed by atoms with Gasteiger partial charge in [-0.15, -0.1) is 0 Å². The molecule has 0 fully saturated rings. The maximum atomic E-state index is 8.51. The largest absolute Gasteiger partial charge is 0.411 e. The van der Waals surface area contributed by atoms with Crippen LogP contribution in [0.5, 0.6) is 0 Å². The Balaban J connectivity index is 2.46. The SMILES string of the molecule is ON=C1C=Cc2ncncc2C1. The molecule has 1 aromatic heterocycles. The van der Waals surface area contributed by atoms with Crippen LogP contribution >= 0.6 is 0 Å². The molecule has 0 saturated carbocycles. The Kier molecular flexibility index (Phi) is 1.59. The standard InChI is InChI=1S/C8H7N3O/c12-11-7-1-2-8-6(3-7)4-9-5-10-8/h1-2,4-5,12H,3H2. The first kappa shape index (κ1) is 6.97. The molecule has 2 rings (SSSR count). The second kappa shape index (κ2) is 2.73. The summed E-state index contributed by atoms with van der Waals surface area (Å²) in [5, 5.41) is 11.6. The van der Waals surface area contributed by atoms with Gasteiger partial charge in [0, 0.05) is 18.2 Å². The van der Waals surface area contributed by atoms with Crippen LogP contribution in [0.4, 0.5) is 0 Å². The lowest BCUT2D eigenvalue weighted by molar-refractivity contribution is 0.318. The highest BCUT2D eigenvalue weighted by atomic mass is 16.4. The van der Waals surface area contributed by atoms with Gasteiger partial charge in [0.05, 0.1) is 11.4 Å². The van der Waals surface area contributed by atoms with E-state index >= 15 is 0 Å². The minimum absolute atomic E-state index is 0.600. The molecule has 0 unspecified atom stereocenters. The van der Waals surface area contributed by atoms with Crippen molar-refractivity contribution in [1.82, 2.24) is 9.97 Å². The van der Waals surface area contributed by atoms with Crippen molar-refractivity contribution in [2.24, 2.45) is 5.16 Å². The van der Waals surface area contributed by atoms with Gasteiger partial charge in [-0.05, 0) is 12.2 Å². The fourth-order valence-corrected chi connectivity index (χ4v) is 1.15. The maximum Gasteiger partial charge on any atom is 0.116 e. The molecule has 60 valence electrons. The van der Waals surface area contributed by atoms with Gasteiger partial charge in [-0.2, -0.15) is 0 Å². The van der Waals surface area contributed by atoms with Gasteiger partial charge in [-0.3, -0.25) is 0 Å². The quantitative estimate of drug-likeness (QED) is 0.453. The Bertz CT molecular complexity index is 357. The van der Waals surface area contributed by atoms with Gasteiger partial charge < -0.3 is 5.21 Å². The van der Waals surface area contributed by atoms with E-state index in [4.69, 9.17) is 5.21 Å². The molecular formula is C8H7N3O. The summed E-state index contributed by atoms with van der Waals surface area (Å²) in [7, 11) is 0. The van der Waals surface area contributed by atoms with Crippen LogP contribution in [-0.4, -0.2) is 20.9 Å². The van der Waals surface area contributed by atoms with Crippen molar-refractivity contribution in [1.29, 1.82) is 0 Å². The smallest absolute Gasteiger partial charge is 0.116 e. The lowest BCUT2D eigenvalue weighted by atomic mass is 10.0. The number of hydrogen-bond donors (Lipinski definition) is 1. The van der Waals surface area contributed by atoms with Gasteiger partial charge in [0.25, 0.3) is 0 Å². The Labute approximate surface area is 69.3 Å². The van der Waals surface area contributed by atoms with Gasteiger partial charge in [0.1, 0.15) is 6.33 Å². The van der Waals surface area contributed by atoms with E-state index in [1.54, 1.807) is 12.3 Å². The summed E-state index contributed by atoms with van der Waals surface area (Å²) in [6, 6.07) is 0. The fraction of sp³-hybridized carbons (Fsp3) is 0.125. The van der Waals surface area contributed by atoms with Crippen LogP contribution < -0.4 is 0 Å². The third-order valence-corrected chi connectivity index (χ3v) is 1.76. The Morgan fingerprint density at radius 1 is 1.42 bits per heavy atom. The van der Waals surface area contributed by atoms with Gasteiger partial charge in [-0.25, -0.2) is 9.97 Å². The number of aromatic nitrogens is 2. The third-order valence-electron chi connectivity index (χ3n) is 1.76. The zero-order valence-corrected chi connectivity index (χ0v) is 6.31. The zero-order chi connectivity index (χ0) is 8.39. The summed E-state index contributed by atoms with van der Waals surface area (Å²) < 4.78 is 0. The number of allylic oxidation sites excluding steroid dienone is 1. The summed E-state index contributed by atoms with van der Waals surface area (Å²) in [4.78, 5) is 7.94. The van der Waals surface area contributed by atoms with Gasteiger partial charge in [0.15, 0.2) is 0 Å². The van der Waals surface area contributed by atoms with E-state index in [0.717, 1.165) is 11.3 Å². The Hall–Kier alpha value is -1.71. The third kappa shape index (κ3) is 1.07. The number of hydrogen-bond acceptors (Lipinski definition) is 4. The molecule has 0 atom stereocenters. The first-order chi connectivity index (χ1) is 5.90. The molecule has 0 spiro atoms. The van der Waals surface area contributed by atoms with E-state index in [-0.39, 0.29) is 0 Å². The molecule has 12 heavy (non-hydrogen) atoms. The van der Waals surface area contributed by atoms with Crippen molar-refractivity contribution in [3.05, 3.63) is 29.9 Å². The van der Waals surface area contributed by atoms with E-state index < -0.39 is 0 Å². The molecule has 0 amide bonds. The van der Waals surface area contributed by atoms with Crippen LogP contribution in [0.3, 0.4) is 0 Å². The first-order valence-corrected chi connectivity index (χ1v) is 3.58. The summed E-state index contributed by atoms with van der Waals surface area (Å²) in [6.07, 6.45) is 7.40. The number of nitrogens with zero attached hydrogens (tertiary/aromatic N) is 3. The van der Waals surface area contributed by atoms with Gasteiger partial charge >= 0.3 is 0 Å². The van der Waals surface area contributed by atoms with Crippen molar-refractivity contribution in [2.45, 2.75) is 6.42 Å². The van der Waals surface area contributed by atoms with E-state index in [2.05, 4.69) is 15.1 Å². The molecular weight excluding hydrogens is 154 g/mol. The predicted octanol–water partition coefficient (Wildman–Crippen LogP) is 0.876. The molecule has 1 N–H and O–H groups in total. The van der Waals surface area contributed by atoms with Crippen LogP contribution in [0.25, 0.3) is 6.08 Å². The van der Waals surface area contributed by atoms with Crippen LogP contribution in [0.2, 0.25) is 0 Å². The second-order valence-corrected chi connectivity index (χ2v) is 2.53. The molecule has 0 aromatic carbocycles. The molecule has 1 heterocycles. The molecule has 1 aliphatic carbocycles. The monoisotopic (exact) mass is 161 g/mol. The molecule has 0 bridgehead atoms. The summed E-state index contributed by atoms with van der Waals surface area (Å²) in [6.45, 7) is 0. The van der Waals surface area contributed by atoms with E-state index in [1.165, 1.54) is 6.33 Å². The van der Waals surface area contributed by atoms with Crippen molar-refractivity contribution in [3.8, 4) is 0 Å². The van der Waals surface area contributed by atoms with Crippen molar-refractivity contribution in [2.75, 3.05) is 0 Å². The highest BCUT2D eigenvalue weighted by Gasteiger charge is 2.09. The molecule has 0 saturated heterocycles. The van der Waals surface area contributed by atoms with Crippen LogP contribution in [-0.2, 0) is 6.42 Å². The van der Waals surface area contributed by atoms with Gasteiger partial charge in [-0.1, -0.05) is 5.16 Å². The number of rotatable bonds is 0. The maximum absolute atomic E-state index is 8.51. The summed E-state index contributed by atoms with van der Waals surface area (Å²) in [5.41, 5.74) is 2.53.